The maximum atomic E-state index is 5.58. The van der Waals surface area contributed by atoms with Crippen LogP contribution in [0.4, 0.5) is 11.6 Å². The number of hydrogen-bond acceptors (Lipinski definition) is 6. The van der Waals surface area contributed by atoms with Gasteiger partial charge in [-0.2, -0.15) is 11.8 Å². The van der Waals surface area contributed by atoms with Gasteiger partial charge in [-0.3, -0.25) is 0 Å². The highest BCUT2D eigenvalue weighted by Gasteiger charge is 2.25. The molecule has 0 saturated carbocycles. The molecular formula is C15H29N5S. The zero-order valence-electron chi connectivity index (χ0n) is 14.1. The van der Waals surface area contributed by atoms with E-state index in [0.717, 1.165) is 36.6 Å². The van der Waals surface area contributed by atoms with Crippen molar-refractivity contribution >= 4 is 23.4 Å². The predicted molar refractivity (Wildman–Crippen MR) is 94.0 cm³/mol. The fourth-order valence-electron chi connectivity index (χ4n) is 2.21. The van der Waals surface area contributed by atoms with Gasteiger partial charge in [0, 0.05) is 22.8 Å². The third-order valence-electron chi connectivity index (χ3n) is 4.12. The summed E-state index contributed by atoms with van der Waals surface area (Å²) in [5, 5.41) is 3.51. The molecule has 21 heavy (non-hydrogen) atoms. The van der Waals surface area contributed by atoms with E-state index in [2.05, 4.69) is 54.7 Å². The minimum Gasteiger partial charge on any atom is -0.368 e. The Morgan fingerprint density at radius 1 is 1.19 bits per heavy atom. The summed E-state index contributed by atoms with van der Waals surface area (Å²) in [6.45, 7) is 11.5. The Morgan fingerprint density at radius 3 is 2.19 bits per heavy atom. The lowest BCUT2D eigenvalue weighted by Gasteiger charge is -2.30. The van der Waals surface area contributed by atoms with Crippen molar-refractivity contribution in [3.8, 4) is 0 Å². The van der Waals surface area contributed by atoms with Crippen molar-refractivity contribution in [2.75, 3.05) is 23.5 Å². The van der Waals surface area contributed by atoms with E-state index in [1.807, 2.05) is 18.7 Å². The molecule has 0 amide bonds. The van der Waals surface area contributed by atoms with Gasteiger partial charge in [0.05, 0.1) is 0 Å². The van der Waals surface area contributed by atoms with Gasteiger partial charge in [-0.15, -0.1) is 0 Å². The average Bonchev–Trinajstić information content (AvgIpc) is 2.50. The second kappa shape index (κ2) is 7.84. The van der Waals surface area contributed by atoms with Crippen molar-refractivity contribution in [3.63, 3.8) is 0 Å². The molecular weight excluding hydrogens is 282 g/mol. The summed E-state index contributed by atoms with van der Waals surface area (Å²) in [7, 11) is 0. The largest absolute Gasteiger partial charge is 0.368 e. The molecule has 0 radical (unpaired) electrons. The molecule has 0 spiro atoms. The van der Waals surface area contributed by atoms with Crippen molar-refractivity contribution in [2.24, 2.45) is 5.84 Å². The van der Waals surface area contributed by atoms with Crippen LogP contribution in [0.3, 0.4) is 0 Å². The topological polar surface area (TPSA) is 75.9 Å². The van der Waals surface area contributed by atoms with Crippen LogP contribution in [0, 0.1) is 6.92 Å². The second-order valence-corrected chi connectivity index (χ2v) is 6.93. The number of nitrogens with zero attached hydrogens (tertiary/aromatic N) is 2. The maximum absolute atomic E-state index is 5.58. The highest BCUT2D eigenvalue weighted by molar-refractivity contribution is 8.00. The van der Waals surface area contributed by atoms with Crippen LogP contribution in [0.25, 0.3) is 0 Å². The second-order valence-electron chi connectivity index (χ2n) is 5.65. The number of rotatable bonds is 8. The van der Waals surface area contributed by atoms with Crippen LogP contribution in [0.5, 0.6) is 0 Å². The van der Waals surface area contributed by atoms with E-state index in [-0.39, 0.29) is 10.7 Å². The third kappa shape index (κ3) is 4.23. The molecule has 0 bridgehead atoms. The minimum atomic E-state index is 0.242. The lowest BCUT2D eigenvalue weighted by Crippen LogP contribution is -2.32. The summed E-state index contributed by atoms with van der Waals surface area (Å²) in [5.74, 6) is 8.22. The molecule has 1 rings (SSSR count). The fraction of sp³-hybridized carbons (Fsp3) is 0.733. The molecule has 0 aliphatic carbocycles. The predicted octanol–water partition coefficient (Wildman–Crippen LogP) is 3.53. The summed E-state index contributed by atoms with van der Waals surface area (Å²) in [5.41, 5.74) is 3.64. The van der Waals surface area contributed by atoms with Crippen LogP contribution < -0.4 is 16.6 Å². The van der Waals surface area contributed by atoms with Crippen molar-refractivity contribution in [3.05, 3.63) is 11.4 Å². The zero-order chi connectivity index (χ0) is 16.0. The normalized spacial score (nSPS) is 11.8. The minimum absolute atomic E-state index is 0.242. The Bertz CT molecular complexity index is 449. The van der Waals surface area contributed by atoms with E-state index >= 15 is 0 Å². The van der Waals surface area contributed by atoms with Crippen LogP contribution in [0.2, 0.25) is 0 Å². The quantitative estimate of drug-likeness (QED) is 0.504. The Hall–Kier alpha value is -1.01. The van der Waals surface area contributed by atoms with Crippen LogP contribution in [-0.4, -0.2) is 27.5 Å². The van der Waals surface area contributed by atoms with E-state index in [1.165, 1.54) is 0 Å². The van der Waals surface area contributed by atoms with Gasteiger partial charge in [0.1, 0.15) is 17.5 Å². The monoisotopic (exact) mass is 311 g/mol. The van der Waals surface area contributed by atoms with Crippen molar-refractivity contribution in [1.29, 1.82) is 0 Å². The summed E-state index contributed by atoms with van der Waals surface area (Å²) in [6, 6.07) is 0. The molecule has 0 aliphatic heterocycles. The van der Waals surface area contributed by atoms with Gasteiger partial charge in [0.15, 0.2) is 0 Å². The van der Waals surface area contributed by atoms with Crippen LogP contribution in [0.15, 0.2) is 0 Å². The highest BCUT2D eigenvalue weighted by atomic mass is 32.2. The molecule has 1 heterocycles. The number of hydrazine groups is 1. The van der Waals surface area contributed by atoms with Crippen LogP contribution in [0.1, 0.15) is 57.8 Å². The molecule has 0 aromatic carbocycles. The summed E-state index contributed by atoms with van der Waals surface area (Å²) >= 11 is 1.92. The number of nitrogens with two attached hydrogens (primary N) is 1. The fourth-order valence-corrected chi connectivity index (χ4v) is 3.00. The first-order valence-corrected chi connectivity index (χ1v) is 8.79. The van der Waals surface area contributed by atoms with Crippen LogP contribution in [-0.2, 0) is 0 Å². The number of hydrogen-bond donors (Lipinski definition) is 3. The molecule has 0 fully saturated rings. The zero-order valence-corrected chi connectivity index (χ0v) is 14.9. The van der Waals surface area contributed by atoms with Crippen molar-refractivity contribution < 1.29 is 0 Å². The van der Waals surface area contributed by atoms with Gasteiger partial charge in [0.2, 0.25) is 0 Å². The lowest BCUT2D eigenvalue weighted by atomic mass is 10.0. The van der Waals surface area contributed by atoms with Crippen LogP contribution >= 0.6 is 11.8 Å². The Morgan fingerprint density at radius 2 is 1.76 bits per heavy atom. The number of thioether (sulfide) groups is 1. The maximum Gasteiger partial charge on any atom is 0.148 e. The molecule has 0 unspecified atom stereocenters. The van der Waals surface area contributed by atoms with Crippen molar-refractivity contribution in [2.45, 2.75) is 58.1 Å². The molecule has 1 aromatic heterocycles. The Kier molecular flexibility index (Phi) is 6.74. The molecule has 6 heteroatoms. The number of anilines is 2. The molecule has 4 N–H and O–H groups in total. The summed E-state index contributed by atoms with van der Waals surface area (Å²) in [4.78, 5) is 9.12. The molecule has 120 valence electrons. The third-order valence-corrected chi connectivity index (χ3v) is 5.70. The highest BCUT2D eigenvalue weighted by Crippen LogP contribution is 2.31. The number of nitrogen functional groups attached to an aromatic ring is 1. The van der Waals surface area contributed by atoms with Gasteiger partial charge in [0.25, 0.3) is 0 Å². The van der Waals surface area contributed by atoms with E-state index in [0.29, 0.717) is 5.82 Å². The molecule has 0 atom stereocenters. The standard InChI is InChI=1S/C15H29N5S/c1-7-15(8-2,21-6)9-17-13-11(5)14(20-16)19-12(18-13)10(3)4/h10H,7-9,16H2,1-6H3,(H2,17,18,19,20). The smallest absolute Gasteiger partial charge is 0.148 e. The average molecular weight is 311 g/mol. The summed E-state index contributed by atoms with van der Waals surface area (Å²) < 4.78 is 0.242. The van der Waals surface area contributed by atoms with Gasteiger partial charge in [-0.05, 0) is 26.0 Å². The van der Waals surface area contributed by atoms with E-state index in [9.17, 15) is 0 Å². The van der Waals surface area contributed by atoms with Gasteiger partial charge in [-0.25, -0.2) is 15.8 Å². The first-order chi connectivity index (χ1) is 9.92. The first-order valence-electron chi connectivity index (χ1n) is 7.57. The van der Waals surface area contributed by atoms with E-state index in [1.54, 1.807) is 0 Å². The van der Waals surface area contributed by atoms with Gasteiger partial charge < -0.3 is 10.7 Å². The van der Waals surface area contributed by atoms with Gasteiger partial charge in [-0.1, -0.05) is 27.7 Å². The van der Waals surface area contributed by atoms with E-state index in [4.69, 9.17) is 5.84 Å². The SMILES string of the molecule is CCC(CC)(CNc1nc(C(C)C)nc(NN)c1C)SC. The first kappa shape index (κ1) is 18.0. The Balaban J connectivity index is 3.04. The van der Waals surface area contributed by atoms with Crippen molar-refractivity contribution in [1.82, 2.24) is 9.97 Å². The molecule has 0 saturated heterocycles. The lowest BCUT2D eigenvalue weighted by molar-refractivity contribution is 0.573. The van der Waals surface area contributed by atoms with Gasteiger partial charge >= 0.3 is 0 Å². The Labute approximate surface area is 132 Å². The summed E-state index contributed by atoms with van der Waals surface area (Å²) in [6.07, 6.45) is 4.43. The number of nitrogens with one attached hydrogen (secondary N) is 2. The molecule has 5 nitrogen and oxygen atoms in total. The molecule has 0 aliphatic rings. The molecule has 1 aromatic rings. The van der Waals surface area contributed by atoms with E-state index < -0.39 is 0 Å². The number of aromatic nitrogens is 2.